The third-order valence-corrected chi connectivity index (χ3v) is 9.33. The van der Waals surface area contributed by atoms with Crippen molar-refractivity contribution in [2.75, 3.05) is 11.5 Å². The van der Waals surface area contributed by atoms with E-state index >= 15 is 0 Å². The first kappa shape index (κ1) is 27.1. The van der Waals surface area contributed by atoms with Crippen molar-refractivity contribution in [1.29, 1.82) is 0 Å². The lowest BCUT2D eigenvalue weighted by Gasteiger charge is -2.58. The van der Waals surface area contributed by atoms with Crippen LogP contribution in [0.1, 0.15) is 54.3 Å². The van der Waals surface area contributed by atoms with Crippen LogP contribution in [0.25, 0.3) is 0 Å². The first-order valence-electron chi connectivity index (χ1n) is 14.3. The molecule has 3 fully saturated rings. The van der Waals surface area contributed by atoms with Crippen LogP contribution in [0.5, 0.6) is 0 Å². The third kappa shape index (κ3) is 4.66. The second-order valence-corrected chi connectivity index (χ2v) is 11.6. The molecule has 7 heteroatoms. The van der Waals surface area contributed by atoms with Crippen LogP contribution < -0.4 is 4.90 Å². The number of para-hydroxylation sites is 1. The molecule has 3 aliphatic rings. The molecule has 0 radical (unpaired) electrons. The summed E-state index contributed by atoms with van der Waals surface area (Å²) in [4.78, 5) is 15.8. The first-order valence-corrected chi connectivity index (χ1v) is 14.3. The zero-order chi connectivity index (χ0) is 27.9. The summed E-state index contributed by atoms with van der Waals surface area (Å²) in [6.07, 6.45) is -1.75. The first-order chi connectivity index (χ1) is 19.4. The molecule has 1 saturated carbocycles. The van der Waals surface area contributed by atoms with Gasteiger partial charge in [0.25, 0.3) is 0 Å². The Balaban J connectivity index is 1.24. The van der Waals surface area contributed by atoms with Crippen LogP contribution in [0.4, 0.5) is 5.69 Å². The van der Waals surface area contributed by atoms with Gasteiger partial charge in [-0.2, -0.15) is 0 Å². The average Bonchev–Trinajstić information content (AvgIpc) is 3.01. The smallest absolute Gasteiger partial charge is 0.236 e. The number of hydrogen-bond donors (Lipinski definition) is 4. The minimum Gasteiger partial charge on any atom is -0.394 e. The minimum absolute atomic E-state index is 0.0690. The predicted molar refractivity (Wildman–Crippen MR) is 151 cm³/mol. The maximum absolute atomic E-state index is 13.9. The Kier molecular flexibility index (Phi) is 7.50. The summed E-state index contributed by atoms with van der Waals surface area (Å²) in [5.41, 5.74) is 3.78. The number of benzene rings is 3. The maximum atomic E-state index is 13.9. The Morgan fingerprint density at radius 3 is 1.98 bits per heavy atom. The second-order valence-electron chi connectivity index (χ2n) is 11.6. The number of aliphatic hydroxyl groups excluding tert-OH is 4. The van der Waals surface area contributed by atoms with Crippen molar-refractivity contribution < 1.29 is 30.0 Å². The lowest BCUT2D eigenvalue weighted by Crippen LogP contribution is -2.64. The van der Waals surface area contributed by atoms with Crippen molar-refractivity contribution in [1.82, 2.24) is 0 Å². The molecule has 2 saturated heterocycles. The number of rotatable bonds is 6. The van der Waals surface area contributed by atoms with Crippen LogP contribution in [-0.2, 0) is 16.0 Å². The van der Waals surface area contributed by atoms with Gasteiger partial charge in [-0.05, 0) is 60.4 Å². The van der Waals surface area contributed by atoms with Crippen molar-refractivity contribution in [3.8, 4) is 0 Å². The Hall–Kier alpha value is -3.07. The molecule has 1 amide bonds. The molecule has 4 N–H and O–H groups in total. The fourth-order valence-corrected chi connectivity index (χ4v) is 7.07. The molecule has 0 aromatic heterocycles. The number of anilines is 1. The third-order valence-electron chi connectivity index (χ3n) is 9.33. The van der Waals surface area contributed by atoms with Gasteiger partial charge in [0, 0.05) is 12.1 Å². The van der Waals surface area contributed by atoms with Gasteiger partial charge in [0.15, 0.2) is 0 Å². The van der Waals surface area contributed by atoms with E-state index < -0.39 is 42.5 Å². The molecule has 3 unspecified atom stereocenters. The molecule has 1 aliphatic carbocycles. The molecule has 7 nitrogen and oxygen atoms in total. The topological polar surface area (TPSA) is 110 Å². The highest BCUT2D eigenvalue weighted by molar-refractivity contribution is 6.06. The van der Waals surface area contributed by atoms with Crippen LogP contribution in [0, 0.1) is 5.41 Å². The summed E-state index contributed by atoms with van der Waals surface area (Å²) in [7, 11) is 0. The highest BCUT2D eigenvalue weighted by Gasteiger charge is 2.62. The van der Waals surface area contributed by atoms with E-state index in [4.69, 9.17) is 4.74 Å². The number of aliphatic hydroxyl groups is 4. The van der Waals surface area contributed by atoms with Gasteiger partial charge in [0.2, 0.25) is 5.91 Å². The van der Waals surface area contributed by atoms with Crippen molar-refractivity contribution in [2.45, 2.75) is 74.6 Å². The SMILES string of the molecule is O=C1N(c2ccccc2)[C@H](c2ccc(C[C@@H]3OC(CO)[C@@H](O)C(O)C3O)cc2)C12CCC(c1ccccc1)CC2. The normalized spacial score (nSPS) is 34.0. The Bertz CT molecular complexity index is 1290. The Labute approximate surface area is 234 Å². The summed E-state index contributed by atoms with van der Waals surface area (Å²) in [5.74, 6) is 0.660. The number of amides is 1. The van der Waals surface area contributed by atoms with Crippen molar-refractivity contribution in [3.05, 3.63) is 102 Å². The quantitative estimate of drug-likeness (QED) is 0.354. The van der Waals surface area contributed by atoms with Crippen molar-refractivity contribution in [2.24, 2.45) is 5.41 Å². The van der Waals surface area contributed by atoms with Gasteiger partial charge in [-0.15, -0.1) is 0 Å². The monoisotopic (exact) mass is 543 g/mol. The molecule has 3 aromatic carbocycles. The standard InChI is InChI=1S/C33H37NO6/c35-20-27-29(37)30(38)28(36)26(40-27)19-21-11-13-24(14-12-21)31-33(32(39)34(31)25-9-5-2-6-10-25)17-15-23(16-18-33)22-7-3-1-4-8-22/h1-14,23,26-31,35-38H,15-20H2/t23?,26-,27?,28?,29+,30?,31+,33?/m0/s1. The number of β-lactam (4-membered cyclic amide) rings is 1. The average molecular weight is 544 g/mol. The highest BCUT2D eigenvalue weighted by Crippen LogP contribution is 2.60. The highest BCUT2D eigenvalue weighted by atomic mass is 16.5. The number of nitrogens with zero attached hydrogens (tertiary/aromatic N) is 1. The van der Waals surface area contributed by atoms with Gasteiger partial charge >= 0.3 is 0 Å². The van der Waals surface area contributed by atoms with E-state index in [9.17, 15) is 25.2 Å². The van der Waals surface area contributed by atoms with E-state index in [0.717, 1.165) is 42.5 Å². The molecule has 40 heavy (non-hydrogen) atoms. The van der Waals surface area contributed by atoms with E-state index in [1.807, 2.05) is 53.4 Å². The van der Waals surface area contributed by atoms with E-state index in [1.54, 1.807) is 0 Å². The summed E-state index contributed by atoms with van der Waals surface area (Å²) in [6, 6.07) is 28.4. The lowest BCUT2D eigenvalue weighted by atomic mass is 9.57. The fourth-order valence-electron chi connectivity index (χ4n) is 7.07. The molecule has 6 rings (SSSR count). The largest absolute Gasteiger partial charge is 0.394 e. The number of hydrogen-bond acceptors (Lipinski definition) is 6. The molecule has 210 valence electrons. The van der Waals surface area contributed by atoms with Gasteiger partial charge < -0.3 is 30.1 Å². The van der Waals surface area contributed by atoms with Crippen LogP contribution in [-0.4, -0.2) is 63.5 Å². The van der Waals surface area contributed by atoms with Gasteiger partial charge in [-0.1, -0.05) is 72.8 Å². The van der Waals surface area contributed by atoms with Gasteiger partial charge in [0.05, 0.1) is 24.2 Å². The van der Waals surface area contributed by atoms with Crippen LogP contribution in [0.3, 0.4) is 0 Å². The molecule has 2 aliphatic heterocycles. The number of carbonyl (C=O) groups is 1. The minimum atomic E-state index is -1.39. The molecule has 1 spiro atoms. The molecular weight excluding hydrogens is 506 g/mol. The molecule has 2 heterocycles. The fraction of sp³-hybridized carbons (Fsp3) is 0.424. The van der Waals surface area contributed by atoms with E-state index in [2.05, 4.69) is 36.4 Å². The molecule has 6 atom stereocenters. The Morgan fingerprint density at radius 1 is 0.750 bits per heavy atom. The van der Waals surface area contributed by atoms with Crippen LogP contribution in [0.15, 0.2) is 84.9 Å². The van der Waals surface area contributed by atoms with Gasteiger partial charge in [-0.3, -0.25) is 4.79 Å². The molecule has 3 aromatic rings. The summed E-state index contributed by atoms with van der Waals surface area (Å²) >= 11 is 0. The van der Waals surface area contributed by atoms with E-state index in [0.29, 0.717) is 12.3 Å². The number of ether oxygens (including phenoxy) is 1. The lowest BCUT2D eigenvalue weighted by molar-refractivity contribution is -0.228. The van der Waals surface area contributed by atoms with E-state index in [1.165, 1.54) is 5.56 Å². The number of carbonyl (C=O) groups excluding carboxylic acids is 1. The maximum Gasteiger partial charge on any atom is 0.236 e. The van der Waals surface area contributed by atoms with Crippen LogP contribution >= 0.6 is 0 Å². The van der Waals surface area contributed by atoms with Gasteiger partial charge in [-0.25, -0.2) is 0 Å². The van der Waals surface area contributed by atoms with E-state index in [-0.39, 0.29) is 11.9 Å². The second kappa shape index (κ2) is 11.1. The predicted octanol–water partition coefficient (Wildman–Crippen LogP) is 3.50. The van der Waals surface area contributed by atoms with Crippen molar-refractivity contribution in [3.63, 3.8) is 0 Å². The van der Waals surface area contributed by atoms with Crippen LogP contribution in [0.2, 0.25) is 0 Å². The summed E-state index contributed by atoms with van der Waals surface area (Å²) < 4.78 is 5.71. The Morgan fingerprint density at radius 2 is 1.35 bits per heavy atom. The zero-order valence-corrected chi connectivity index (χ0v) is 22.4. The summed E-state index contributed by atoms with van der Waals surface area (Å²) in [5, 5.41) is 40.2. The van der Waals surface area contributed by atoms with Crippen molar-refractivity contribution >= 4 is 11.6 Å². The summed E-state index contributed by atoms with van der Waals surface area (Å²) in [6.45, 7) is -0.446. The molecular formula is C33H37NO6. The molecule has 0 bridgehead atoms. The zero-order valence-electron chi connectivity index (χ0n) is 22.4. The van der Waals surface area contributed by atoms with Gasteiger partial charge in [0.1, 0.15) is 24.4 Å².